The molecule has 0 aromatic heterocycles. The molecule has 1 amide bonds. The number of nitrogens with one attached hydrogen (secondary N) is 1. The van der Waals surface area contributed by atoms with Gasteiger partial charge in [0.15, 0.2) is 0 Å². The number of amides is 1. The molecule has 0 aliphatic carbocycles. The zero-order valence-electron chi connectivity index (χ0n) is 7.37. The number of carbonyl (C=O) groups is 1. The third kappa shape index (κ3) is 5.94. The van der Waals surface area contributed by atoms with Crippen LogP contribution < -0.4 is 5.32 Å². The predicted octanol–water partition coefficient (Wildman–Crippen LogP) is -0.260. The van der Waals surface area contributed by atoms with Crippen molar-refractivity contribution in [3.8, 4) is 0 Å². The minimum absolute atomic E-state index is 0.0194. The van der Waals surface area contributed by atoms with E-state index in [1.54, 1.807) is 14.0 Å². The van der Waals surface area contributed by atoms with Crippen molar-refractivity contribution in [1.82, 2.24) is 5.32 Å². The summed E-state index contributed by atoms with van der Waals surface area (Å²) in [6.45, 7) is 2.09. The number of methoxy groups -OCH3 is 1. The summed E-state index contributed by atoms with van der Waals surface area (Å²) < 4.78 is 9.34. The highest BCUT2D eigenvalue weighted by Crippen LogP contribution is 1.84. The van der Waals surface area contributed by atoms with E-state index in [4.69, 9.17) is 9.84 Å². The maximum absolute atomic E-state index is 10.8. The zero-order valence-corrected chi connectivity index (χ0v) is 7.37. The molecular formula is C7H15NO4. The Morgan fingerprint density at radius 3 is 2.83 bits per heavy atom. The van der Waals surface area contributed by atoms with Crippen molar-refractivity contribution in [1.29, 1.82) is 0 Å². The zero-order chi connectivity index (χ0) is 9.40. The molecule has 0 saturated heterocycles. The van der Waals surface area contributed by atoms with Crippen LogP contribution in [0.5, 0.6) is 0 Å². The average Bonchev–Trinajstić information content (AvgIpc) is 2.01. The molecule has 0 aromatic rings. The summed E-state index contributed by atoms with van der Waals surface area (Å²) >= 11 is 0. The van der Waals surface area contributed by atoms with Crippen molar-refractivity contribution in [3.63, 3.8) is 0 Å². The molecule has 0 bridgehead atoms. The van der Waals surface area contributed by atoms with Gasteiger partial charge in [-0.15, -0.1) is 0 Å². The van der Waals surface area contributed by atoms with Crippen molar-refractivity contribution >= 4 is 6.09 Å². The molecule has 0 aliphatic heterocycles. The lowest BCUT2D eigenvalue weighted by Crippen LogP contribution is -2.36. The number of alkyl carbamates (subject to hydrolysis) is 1. The molecule has 0 aliphatic rings. The van der Waals surface area contributed by atoms with E-state index < -0.39 is 6.09 Å². The Hall–Kier alpha value is -0.810. The summed E-state index contributed by atoms with van der Waals surface area (Å²) in [7, 11) is 1.55. The molecule has 12 heavy (non-hydrogen) atoms. The normalized spacial score (nSPS) is 12.2. The van der Waals surface area contributed by atoms with Crippen molar-refractivity contribution < 1.29 is 19.4 Å². The molecule has 0 rings (SSSR count). The number of hydrogen-bond acceptors (Lipinski definition) is 4. The summed E-state index contributed by atoms with van der Waals surface area (Å²) in [5.41, 5.74) is 0. The summed E-state index contributed by atoms with van der Waals surface area (Å²) in [5.74, 6) is 0. The van der Waals surface area contributed by atoms with Crippen molar-refractivity contribution in [2.45, 2.75) is 13.0 Å². The first kappa shape index (κ1) is 11.2. The van der Waals surface area contributed by atoms with Gasteiger partial charge < -0.3 is 19.9 Å². The minimum atomic E-state index is -0.534. The van der Waals surface area contributed by atoms with Crippen LogP contribution in [0.3, 0.4) is 0 Å². The molecule has 1 unspecified atom stereocenters. The summed E-state index contributed by atoms with van der Waals surface area (Å²) in [5, 5.41) is 10.8. The molecule has 0 spiro atoms. The van der Waals surface area contributed by atoms with Crippen molar-refractivity contribution in [2.75, 3.05) is 26.9 Å². The van der Waals surface area contributed by atoms with E-state index in [-0.39, 0.29) is 19.3 Å². The van der Waals surface area contributed by atoms with Crippen LogP contribution in [-0.4, -0.2) is 44.2 Å². The first-order valence-electron chi connectivity index (χ1n) is 3.73. The van der Waals surface area contributed by atoms with Gasteiger partial charge in [-0.1, -0.05) is 0 Å². The number of aliphatic hydroxyl groups is 1. The van der Waals surface area contributed by atoms with E-state index in [0.29, 0.717) is 6.61 Å². The fourth-order valence-electron chi connectivity index (χ4n) is 0.673. The Labute approximate surface area is 71.7 Å². The van der Waals surface area contributed by atoms with Crippen molar-refractivity contribution in [2.24, 2.45) is 0 Å². The van der Waals surface area contributed by atoms with Crippen LogP contribution in [0.25, 0.3) is 0 Å². The van der Waals surface area contributed by atoms with E-state index in [1.165, 1.54) is 0 Å². The largest absolute Gasteiger partial charge is 0.447 e. The fraction of sp³-hybridized carbons (Fsp3) is 0.857. The third-order valence-electron chi connectivity index (χ3n) is 1.11. The predicted molar refractivity (Wildman–Crippen MR) is 42.9 cm³/mol. The first-order valence-corrected chi connectivity index (χ1v) is 3.73. The number of rotatable bonds is 5. The summed E-state index contributed by atoms with van der Waals surface area (Å²) in [6, 6.07) is -0.0822. The van der Waals surface area contributed by atoms with Gasteiger partial charge in [0.2, 0.25) is 0 Å². The number of ether oxygens (including phenoxy) is 2. The molecule has 2 N–H and O–H groups in total. The maximum Gasteiger partial charge on any atom is 0.407 e. The second kappa shape index (κ2) is 6.87. The van der Waals surface area contributed by atoms with E-state index >= 15 is 0 Å². The van der Waals surface area contributed by atoms with Crippen LogP contribution in [0.1, 0.15) is 6.92 Å². The Bertz CT molecular complexity index is 129. The lowest BCUT2D eigenvalue weighted by molar-refractivity contribution is 0.109. The van der Waals surface area contributed by atoms with Crippen LogP contribution in [0.2, 0.25) is 0 Å². The van der Waals surface area contributed by atoms with E-state index in [9.17, 15) is 4.79 Å². The lowest BCUT2D eigenvalue weighted by Gasteiger charge is -2.11. The highest BCUT2D eigenvalue weighted by Gasteiger charge is 2.06. The van der Waals surface area contributed by atoms with Crippen LogP contribution in [0.15, 0.2) is 0 Å². The molecule has 72 valence electrons. The standard InChI is InChI=1S/C7H15NO4/c1-6(5-11-2)8-7(10)12-4-3-9/h6,9H,3-5H2,1-2H3,(H,8,10). The van der Waals surface area contributed by atoms with Crippen LogP contribution in [-0.2, 0) is 9.47 Å². The second-order valence-corrected chi connectivity index (χ2v) is 2.36. The Balaban J connectivity index is 3.40. The molecule has 5 nitrogen and oxygen atoms in total. The highest BCUT2D eigenvalue weighted by atomic mass is 16.6. The van der Waals surface area contributed by atoms with E-state index in [0.717, 1.165) is 0 Å². The quantitative estimate of drug-likeness (QED) is 0.607. The molecule has 1 atom stereocenters. The lowest BCUT2D eigenvalue weighted by atomic mass is 10.4. The maximum atomic E-state index is 10.8. The Kier molecular flexibility index (Phi) is 6.41. The molecule has 0 fully saturated rings. The number of hydrogen-bond donors (Lipinski definition) is 2. The number of aliphatic hydroxyl groups excluding tert-OH is 1. The van der Waals surface area contributed by atoms with Gasteiger partial charge in [-0.2, -0.15) is 0 Å². The number of carbonyl (C=O) groups excluding carboxylic acids is 1. The molecule has 5 heteroatoms. The smallest absolute Gasteiger partial charge is 0.407 e. The van der Waals surface area contributed by atoms with Crippen molar-refractivity contribution in [3.05, 3.63) is 0 Å². The van der Waals surface area contributed by atoms with Gasteiger partial charge in [-0.05, 0) is 6.92 Å². The van der Waals surface area contributed by atoms with Crippen LogP contribution >= 0.6 is 0 Å². The summed E-state index contributed by atoms with van der Waals surface area (Å²) in [4.78, 5) is 10.8. The molecular weight excluding hydrogens is 162 g/mol. The minimum Gasteiger partial charge on any atom is -0.447 e. The monoisotopic (exact) mass is 177 g/mol. The van der Waals surface area contributed by atoms with Crippen LogP contribution in [0.4, 0.5) is 4.79 Å². The molecule has 0 radical (unpaired) electrons. The fourth-order valence-corrected chi connectivity index (χ4v) is 0.673. The molecule has 0 heterocycles. The van der Waals surface area contributed by atoms with E-state index in [1.807, 2.05) is 0 Å². The van der Waals surface area contributed by atoms with Gasteiger partial charge in [0.1, 0.15) is 6.61 Å². The Morgan fingerprint density at radius 2 is 2.33 bits per heavy atom. The Morgan fingerprint density at radius 1 is 1.67 bits per heavy atom. The highest BCUT2D eigenvalue weighted by molar-refractivity contribution is 5.67. The van der Waals surface area contributed by atoms with Gasteiger partial charge in [0.05, 0.1) is 19.3 Å². The first-order chi connectivity index (χ1) is 5.70. The van der Waals surface area contributed by atoms with Crippen LogP contribution in [0, 0.1) is 0 Å². The SMILES string of the molecule is COCC(C)NC(=O)OCCO. The second-order valence-electron chi connectivity index (χ2n) is 2.36. The molecule has 0 aromatic carbocycles. The van der Waals surface area contributed by atoms with Gasteiger partial charge >= 0.3 is 6.09 Å². The third-order valence-corrected chi connectivity index (χ3v) is 1.11. The van der Waals surface area contributed by atoms with Gasteiger partial charge in [0.25, 0.3) is 0 Å². The summed E-state index contributed by atoms with van der Waals surface area (Å²) in [6.07, 6.45) is -0.534. The topological polar surface area (TPSA) is 67.8 Å². The van der Waals surface area contributed by atoms with Gasteiger partial charge in [0, 0.05) is 7.11 Å². The van der Waals surface area contributed by atoms with Gasteiger partial charge in [-0.25, -0.2) is 4.79 Å². The van der Waals surface area contributed by atoms with E-state index in [2.05, 4.69) is 10.1 Å². The molecule has 0 saturated carbocycles. The van der Waals surface area contributed by atoms with Gasteiger partial charge in [-0.3, -0.25) is 0 Å². The average molecular weight is 177 g/mol.